The van der Waals surface area contributed by atoms with Crippen LogP contribution in [0.3, 0.4) is 0 Å². The van der Waals surface area contributed by atoms with E-state index in [-0.39, 0.29) is 0 Å². The van der Waals surface area contributed by atoms with E-state index in [1.54, 1.807) is 13.2 Å². The van der Waals surface area contributed by atoms with Crippen molar-refractivity contribution < 1.29 is 14.2 Å². The molecule has 0 spiro atoms. The van der Waals surface area contributed by atoms with Crippen LogP contribution in [-0.4, -0.2) is 26.9 Å². The van der Waals surface area contributed by atoms with Crippen LogP contribution in [0.2, 0.25) is 5.02 Å². The Balaban J connectivity index is 2.61. The molecule has 19 heavy (non-hydrogen) atoms. The monoisotopic (exact) mass is 350 g/mol. The molecule has 1 rings (SSSR count). The average Bonchev–Trinajstić information content (AvgIpc) is 2.38. The molecule has 5 heteroatoms. The summed E-state index contributed by atoms with van der Waals surface area (Å²) in [6, 6.07) is 3.61. The van der Waals surface area contributed by atoms with E-state index in [1.807, 2.05) is 6.07 Å². The van der Waals surface area contributed by atoms with Gasteiger partial charge >= 0.3 is 0 Å². The van der Waals surface area contributed by atoms with E-state index in [0.29, 0.717) is 35.2 Å². The molecule has 0 fully saturated rings. The van der Waals surface area contributed by atoms with Gasteiger partial charge < -0.3 is 14.2 Å². The summed E-state index contributed by atoms with van der Waals surface area (Å²) in [4.78, 5) is 0. The average molecular weight is 352 g/mol. The number of alkyl halides is 1. The highest BCUT2D eigenvalue weighted by Gasteiger charge is 2.12. The first kappa shape index (κ1) is 16.6. The van der Waals surface area contributed by atoms with Gasteiger partial charge in [-0.1, -0.05) is 41.4 Å². The van der Waals surface area contributed by atoms with Gasteiger partial charge in [0, 0.05) is 28.6 Å². The summed E-state index contributed by atoms with van der Waals surface area (Å²) in [5.74, 6) is 1.89. The third-order valence-electron chi connectivity index (χ3n) is 2.39. The van der Waals surface area contributed by atoms with E-state index in [1.165, 1.54) is 0 Å². The molecule has 0 aliphatic carbocycles. The Bertz CT molecular complexity index is 371. The molecule has 0 aliphatic rings. The van der Waals surface area contributed by atoms with Crippen molar-refractivity contribution >= 4 is 27.5 Å². The fraction of sp³-hybridized carbons (Fsp3) is 0.571. The van der Waals surface area contributed by atoms with Gasteiger partial charge in [-0.25, -0.2) is 0 Å². The summed E-state index contributed by atoms with van der Waals surface area (Å²) in [6.45, 7) is 6.03. The number of rotatable bonds is 8. The second kappa shape index (κ2) is 8.67. The number of ether oxygens (including phenoxy) is 3. The maximum absolute atomic E-state index is 6.02. The van der Waals surface area contributed by atoms with Crippen LogP contribution in [0.1, 0.15) is 19.4 Å². The molecule has 108 valence electrons. The molecular formula is C14H20BrClO3. The lowest BCUT2D eigenvalue weighted by molar-refractivity contribution is 0.0808. The van der Waals surface area contributed by atoms with Gasteiger partial charge in [0.05, 0.1) is 13.7 Å². The zero-order chi connectivity index (χ0) is 14.3. The van der Waals surface area contributed by atoms with Crippen LogP contribution in [0.15, 0.2) is 12.1 Å². The van der Waals surface area contributed by atoms with Crippen molar-refractivity contribution in [2.45, 2.75) is 19.2 Å². The third kappa shape index (κ3) is 5.59. The lowest BCUT2D eigenvalue weighted by Crippen LogP contribution is -2.11. The summed E-state index contributed by atoms with van der Waals surface area (Å²) in [7, 11) is 1.60. The van der Waals surface area contributed by atoms with Crippen molar-refractivity contribution in [2.75, 3.05) is 26.9 Å². The number of benzene rings is 1. The quantitative estimate of drug-likeness (QED) is 0.516. The van der Waals surface area contributed by atoms with E-state index in [0.717, 1.165) is 17.9 Å². The highest BCUT2D eigenvalue weighted by Crippen LogP contribution is 2.35. The highest BCUT2D eigenvalue weighted by atomic mass is 79.9. The standard InChI is InChI=1S/C14H20BrClO3/c1-10(2)9-18-4-5-19-14-11(8-15)6-12(16)7-13(14)17-3/h6-7,10H,4-5,8-9H2,1-3H3. The minimum atomic E-state index is 0.491. The van der Waals surface area contributed by atoms with E-state index in [2.05, 4.69) is 29.8 Å². The van der Waals surface area contributed by atoms with Gasteiger partial charge in [-0.05, 0) is 12.0 Å². The number of halogens is 2. The van der Waals surface area contributed by atoms with E-state index < -0.39 is 0 Å². The van der Waals surface area contributed by atoms with Gasteiger partial charge in [0.2, 0.25) is 0 Å². The Morgan fingerprint density at radius 1 is 1.26 bits per heavy atom. The summed E-state index contributed by atoms with van der Waals surface area (Å²) in [5.41, 5.74) is 0.966. The third-order valence-corrected chi connectivity index (χ3v) is 3.21. The van der Waals surface area contributed by atoms with Crippen LogP contribution in [0, 0.1) is 5.92 Å². The molecule has 0 bridgehead atoms. The van der Waals surface area contributed by atoms with Crippen LogP contribution in [0.5, 0.6) is 11.5 Å². The van der Waals surface area contributed by atoms with Crippen molar-refractivity contribution in [3.8, 4) is 11.5 Å². The van der Waals surface area contributed by atoms with Crippen LogP contribution < -0.4 is 9.47 Å². The summed E-state index contributed by atoms with van der Waals surface area (Å²) >= 11 is 9.44. The Kier molecular flexibility index (Phi) is 7.57. The highest BCUT2D eigenvalue weighted by molar-refractivity contribution is 9.08. The zero-order valence-corrected chi connectivity index (χ0v) is 13.9. The van der Waals surface area contributed by atoms with Crippen molar-refractivity contribution in [2.24, 2.45) is 5.92 Å². The Morgan fingerprint density at radius 3 is 2.58 bits per heavy atom. The molecule has 1 aromatic carbocycles. The molecule has 0 saturated heterocycles. The van der Waals surface area contributed by atoms with Crippen LogP contribution in [0.4, 0.5) is 0 Å². The topological polar surface area (TPSA) is 27.7 Å². The van der Waals surface area contributed by atoms with Crippen LogP contribution in [-0.2, 0) is 10.1 Å². The number of hydrogen-bond acceptors (Lipinski definition) is 3. The van der Waals surface area contributed by atoms with Gasteiger partial charge in [0.15, 0.2) is 11.5 Å². The molecule has 1 aromatic rings. The molecule has 0 amide bonds. The minimum Gasteiger partial charge on any atom is -0.493 e. The van der Waals surface area contributed by atoms with Crippen LogP contribution in [0.25, 0.3) is 0 Å². The Hall–Kier alpha value is -0.450. The van der Waals surface area contributed by atoms with E-state index in [4.69, 9.17) is 25.8 Å². The lowest BCUT2D eigenvalue weighted by atomic mass is 10.2. The maximum atomic E-state index is 6.02. The van der Waals surface area contributed by atoms with E-state index in [9.17, 15) is 0 Å². The minimum absolute atomic E-state index is 0.491. The lowest BCUT2D eigenvalue weighted by Gasteiger charge is -2.15. The SMILES string of the molecule is COc1cc(Cl)cc(CBr)c1OCCOCC(C)C. The van der Waals surface area contributed by atoms with Crippen LogP contribution >= 0.6 is 27.5 Å². The summed E-state index contributed by atoms with van der Waals surface area (Å²) in [6.07, 6.45) is 0. The Morgan fingerprint density at radius 2 is 2.00 bits per heavy atom. The fourth-order valence-electron chi connectivity index (χ4n) is 1.56. The first-order valence-electron chi connectivity index (χ1n) is 6.21. The number of hydrogen-bond donors (Lipinski definition) is 0. The predicted octanol–water partition coefficient (Wildman–Crippen LogP) is 4.29. The second-order valence-electron chi connectivity index (χ2n) is 4.55. The molecule has 0 saturated carbocycles. The largest absolute Gasteiger partial charge is 0.493 e. The van der Waals surface area contributed by atoms with Crippen molar-refractivity contribution in [3.63, 3.8) is 0 Å². The molecule has 3 nitrogen and oxygen atoms in total. The fourth-order valence-corrected chi connectivity index (χ4v) is 2.21. The van der Waals surface area contributed by atoms with Gasteiger partial charge in [0.1, 0.15) is 6.61 Å². The molecule has 0 aromatic heterocycles. The Labute approximate surface area is 128 Å². The van der Waals surface area contributed by atoms with Crippen molar-refractivity contribution in [1.82, 2.24) is 0 Å². The maximum Gasteiger partial charge on any atom is 0.165 e. The number of methoxy groups -OCH3 is 1. The second-order valence-corrected chi connectivity index (χ2v) is 5.54. The first-order chi connectivity index (χ1) is 9.08. The molecule has 0 radical (unpaired) electrons. The zero-order valence-electron chi connectivity index (χ0n) is 11.5. The molecular weight excluding hydrogens is 332 g/mol. The molecule has 0 atom stereocenters. The van der Waals surface area contributed by atoms with Gasteiger partial charge in [-0.3, -0.25) is 0 Å². The van der Waals surface area contributed by atoms with Crippen molar-refractivity contribution in [3.05, 3.63) is 22.7 Å². The van der Waals surface area contributed by atoms with E-state index >= 15 is 0 Å². The van der Waals surface area contributed by atoms with Crippen molar-refractivity contribution in [1.29, 1.82) is 0 Å². The first-order valence-corrected chi connectivity index (χ1v) is 7.71. The normalized spacial score (nSPS) is 10.8. The summed E-state index contributed by atoms with van der Waals surface area (Å²) in [5, 5.41) is 1.29. The molecule has 0 N–H and O–H groups in total. The smallest absolute Gasteiger partial charge is 0.165 e. The predicted molar refractivity (Wildman–Crippen MR) is 81.8 cm³/mol. The molecule has 0 heterocycles. The van der Waals surface area contributed by atoms with Gasteiger partial charge in [-0.2, -0.15) is 0 Å². The molecule has 0 unspecified atom stereocenters. The van der Waals surface area contributed by atoms with Gasteiger partial charge in [-0.15, -0.1) is 0 Å². The summed E-state index contributed by atoms with van der Waals surface area (Å²) < 4.78 is 16.5. The van der Waals surface area contributed by atoms with Gasteiger partial charge in [0.25, 0.3) is 0 Å². The molecule has 0 aliphatic heterocycles.